The van der Waals surface area contributed by atoms with Gasteiger partial charge in [-0.25, -0.2) is 0 Å². The first-order valence-corrected chi connectivity index (χ1v) is 6.21. The zero-order chi connectivity index (χ0) is 11.3. The summed E-state index contributed by atoms with van der Waals surface area (Å²) in [5, 5.41) is 0. The van der Waals surface area contributed by atoms with Gasteiger partial charge in [0, 0.05) is 5.54 Å². The predicted octanol–water partition coefficient (Wildman–Crippen LogP) is 3.46. The maximum Gasteiger partial charge on any atom is 0.0280 e. The van der Waals surface area contributed by atoms with E-state index in [9.17, 15) is 0 Å². The minimum absolute atomic E-state index is 0.432. The molecule has 2 rings (SSSR count). The molecule has 1 aliphatic heterocycles. The SMILES string of the molecule is C=C1CC2CCN(C)C2(CC(C)(C)C)C1. The van der Waals surface area contributed by atoms with Crippen LogP contribution in [0.15, 0.2) is 12.2 Å². The molecule has 0 N–H and O–H groups in total. The lowest BCUT2D eigenvalue weighted by molar-refractivity contribution is 0.0949. The Bertz CT molecular complexity index is 274. The Morgan fingerprint density at radius 3 is 2.73 bits per heavy atom. The second kappa shape index (κ2) is 3.35. The molecule has 0 bridgehead atoms. The molecule has 0 amide bonds. The van der Waals surface area contributed by atoms with Crippen LogP contribution in [0, 0.1) is 11.3 Å². The van der Waals surface area contributed by atoms with E-state index in [1.54, 1.807) is 0 Å². The van der Waals surface area contributed by atoms with E-state index in [-0.39, 0.29) is 0 Å². The van der Waals surface area contributed by atoms with Gasteiger partial charge in [0.05, 0.1) is 0 Å². The first-order valence-electron chi connectivity index (χ1n) is 6.21. The van der Waals surface area contributed by atoms with Gasteiger partial charge in [-0.15, -0.1) is 0 Å². The molecule has 2 fully saturated rings. The maximum atomic E-state index is 4.22. The second-order valence-electron chi connectivity index (χ2n) is 6.88. The quantitative estimate of drug-likeness (QED) is 0.595. The Morgan fingerprint density at radius 1 is 1.47 bits per heavy atom. The third-order valence-corrected chi connectivity index (χ3v) is 4.26. The largest absolute Gasteiger partial charge is 0.300 e. The summed E-state index contributed by atoms with van der Waals surface area (Å²) in [7, 11) is 2.31. The van der Waals surface area contributed by atoms with Crippen molar-refractivity contribution in [3.8, 4) is 0 Å². The first kappa shape index (κ1) is 11.2. The molecule has 0 aromatic heterocycles. The highest BCUT2D eigenvalue weighted by atomic mass is 15.2. The van der Waals surface area contributed by atoms with Gasteiger partial charge >= 0.3 is 0 Å². The minimum Gasteiger partial charge on any atom is -0.300 e. The van der Waals surface area contributed by atoms with Gasteiger partial charge in [-0.2, -0.15) is 0 Å². The average molecular weight is 207 g/mol. The summed E-state index contributed by atoms with van der Waals surface area (Å²) in [5.41, 5.74) is 2.37. The van der Waals surface area contributed by atoms with Crippen LogP contribution in [-0.4, -0.2) is 24.0 Å². The van der Waals surface area contributed by atoms with Crippen molar-refractivity contribution in [2.75, 3.05) is 13.6 Å². The molecule has 86 valence electrons. The van der Waals surface area contributed by atoms with Crippen molar-refractivity contribution in [1.29, 1.82) is 0 Å². The van der Waals surface area contributed by atoms with Crippen molar-refractivity contribution in [1.82, 2.24) is 4.90 Å². The zero-order valence-corrected chi connectivity index (χ0v) is 10.8. The first-order chi connectivity index (χ1) is 6.83. The van der Waals surface area contributed by atoms with E-state index < -0.39 is 0 Å². The van der Waals surface area contributed by atoms with Crippen LogP contribution in [0.2, 0.25) is 0 Å². The second-order valence-corrected chi connectivity index (χ2v) is 6.88. The fourth-order valence-corrected chi connectivity index (χ4v) is 3.84. The monoisotopic (exact) mass is 207 g/mol. The number of hydrogen-bond donors (Lipinski definition) is 0. The Kier molecular flexibility index (Phi) is 2.50. The third kappa shape index (κ3) is 1.87. The van der Waals surface area contributed by atoms with Gasteiger partial charge in [0.15, 0.2) is 0 Å². The van der Waals surface area contributed by atoms with Gasteiger partial charge in [0.2, 0.25) is 0 Å². The van der Waals surface area contributed by atoms with E-state index in [0.29, 0.717) is 11.0 Å². The highest BCUT2D eigenvalue weighted by Crippen LogP contribution is 2.53. The standard InChI is InChI=1S/C14H25N/c1-11-8-12-6-7-15(5)14(12,9-11)10-13(2,3)4/h12H,1,6-10H2,2-5H3. The number of likely N-dealkylation sites (tertiary alicyclic amines) is 1. The van der Waals surface area contributed by atoms with Crippen LogP contribution in [-0.2, 0) is 0 Å². The Morgan fingerprint density at radius 2 is 2.13 bits per heavy atom. The molecule has 1 heteroatoms. The van der Waals surface area contributed by atoms with Gasteiger partial charge in [0.25, 0.3) is 0 Å². The number of hydrogen-bond acceptors (Lipinski definition) is 1. The summed E-state index contributed by atoms with van der Waals surface area (Å²) in [6, 6.07) is 0. The fraction of sp³-hybridized carbons (Fsp3) is 0.857. The third-order valence-electron chi connectivity index (χ3n) is 4.26. The maximum absolute atomic E-state index is 4.22. The topological polar surface area (TPSA) is 3.24 Å². The number of fused-ring (bicyclic) bond motifs is 1. The summed E-state index contributed by atoms with van der Waals surface area (Å²) in [5.74, 6) is 0.884. The molecule has 1 heterocycles. The summed E-state index contributed by atoms with van der Waals surface area (Å²) >= 11 is 0. The van der Waals surface area contributed by atoms with Gasteiger partial charge < -0.3 is 4.90 Å². The van der Waals surface area contributed by atoms with Crippen LogP contribution >= 0.6 is 0 Å². The molecule has 1 nitrogen and oxygen atoms in total. The number of nitrogens with zero attached hydrogens (tertiary/aromatic N) is 1. The van der Waals surface area contributed by atoms with Crippen molar-refractivity contribution in [2.24, 2.45) is 11.3 Å². The highest BCUT2D eigenvalue weighted by Gasteiger charge is 2.52. The lowest BCUT2D eigenvalue weighted by Crippen LogP contribution is -2.45. The molecule has 1 saturated carbocycles. The van der Waals surface area contributed by atoms with E-state index >= 15 is 0 Å². The summed E-state index contributed by atoms with van der Waals surface area (Å²) in [6.45, 7) is 12.6. The van der Waals surface area contributed by atoms with Crippen molar-refractivity contribution in [3.05, 3.63) is 12.2 Å². The molecule has 2 aliphatic rings. The molecule has 0 aromatic carbocycles. The molecular weight excluding hydrogens is 182 g/mol. The van der Waals surface area contributed by atoms with E-state index in [2.05, 4.69) is 39.3 Å². The van der Waals surface area contributed by atoms with Gasteiger partial charge in [-0.1, -0.05) is 32.9 Å². The van der Waals surface area contributed by atoms with Gasteiger partial charge in [-0.3, -0.25) is 0 Å². The van der Waals surface area contributed by atoms with Crippen LogP contribution in [0.4, 0.5) is 0 Å². The lowest BCUT2D eigenvalue weighted by Gasteiger charge is -2.41. The van der Waals surface area contributed by atoms with Crippen LogP contribution in [0.1, 0.15) is 46.5 Å². The molecule has 1 saturated heterocycles. The lowest BCUT2D eigenvalue weighted by atomic mass is 9.74. The summed E-state index contributed by atoms with van der Waals surface area (Å²) in [4.78, 5) is 2.61. The van der Waals surface area contributed by atoms with Crippen molar-refractivity contribution in [2.45, 2.75) is 52.0 Å². The molecular formula is C14H25N. The van der Waals surface area contributed by atoms with Gasteiger partial charge in [0.1, 0.15) is 0 Å². The molecule has 2 atom stereocenters. The van der Waals surface area contributed by atoms with Crippen molar-refractivity contribution in [3.63, 3.8) is 0 Å². The Balaban J connectivity index is 2.25. The molecule has 0 aromatic rings. The average Bonchev–Trinajstić information content (AvgIpc) is 2.47. The van der Waals surface area contributed by atoms with Crippen LogP contribution in [0.3, 0.4) is 0 Å². The van der Waals surface area contributed by atoms with Gasteiger partial charge in [-0.05, 0) is 50.6 Å². The molecule has 1 aliphatic carbocycles. The fourth-order valence-electron chi connectivity index (χ4n) is 3.84. The zero-order valence-electron chi connectivity index (χ0n) is 10.8. The predicted molar refractivity (Wildman–Crippen MR) is 65.9 cm³/mol. The van der Waals surface area contributed by atoms with Crippen molar-refractivity contribution >= 4 is 0 Å². The molecule has 15 heavy (non-hydrogen) atoms. The minimum atomic E-state index is 0.432. The highest BCUT2D eigenvalue weighted by molar-refractivity contribution is 5.20. The van der Waals surface area contributed by atoms with E-state index in [0.717, 1.165) is 5.92 Å². The molecule has 0 spiro atoms. The smallest absolute Gasteiger partial charge is 0.0280 e. The normalized spacial score (nSPS) is 37.3. The van der Waals surface area contributed by atoms with E-state index in [1.165, 1.54) is 37.8 Å². The Labute approximate surface area is 94.5 Å². The van der Waals surface area contributed by atoms with E-state index in [1.807, 2.05) is 0 Å². The molecule has 0 radical (unpaired) electrons. The summed E-state index contributed by atoms with van der Waals surface area (Å²) in [6.07, 6.45) is 5.22. The van der Waals surface area contributed by atoms with Crippen LogP contribution in [0.25, 0.3) is 0 Å². The Hall–Kier alpha value is -0.300. The van der Waals surface area contributed by atoms with E-state index in [4.69, 9.17) is 0 Å². The van der Waals surface area contributed by atoms with Crippen LogP contribution < -0.4 is 0 Å². The molecule has 2 unspecified atom stereocenters. The van der Waals surface area contributed by atoms with Crippen LogP contribution in [0.5, 0.6) is 0 Å². The van der Waals surface area contributed by atoms with Crippen molar-refractivity contribution < 1.29 is 0 Å². The summed E-state index contributed by atoms with van der Waals surface area (Å²) < 4.78 is 0. The number of rotatable bonds is 1.